The molecular formula is C15H22BrN3O. The van der Waals surface area contributed by atoms with Gasteiger partial charge in [0.1, 0.15) is 0 Å². The summed E-state index contributed by atoms with van der Waals surface area (Å²) < 4.78 is 0.950. The smallest absolute Gasteiger partial charge is 0.188 e. The van der Waals surface area contributed by atoms with Crippen LogP contribution in [0.15, 0.2) is 33.7 Å². The van der Waals surface area contributed by atoms with E-state index in [0.717, 1.165) is 22.9 Å². The Morgan fingerprint density at radius 3 is 2.85 bits per heavy atom. The van der Waals surface area contributed by atoms with E-state index in [1.165, 1.54) is 19.3 Å². The van der Waals surface area contributed by atoms with E-state index in [1.54, 1.807) is 0 Å². The Hall–Kier alpha value is -1.07. The predicted molar refractivity (Wildman–Crippen MR) is 85.6 cm³/mol. The van der Waals surface area contributed by atoms with Gasteiger partial charge in [0.25, 0.3) is 0 Å². The van der Waals surface area contributed by atoms with Crippen LogP contribution in [0.25, 0.3) is 0 Å². The Labute approximate surface area is 128 Å². The molecule has 20 heavy (non-hydrogen) atoms. The van der Waals surface area contributed by atoms with Crippen LogP contribution in [0.4, 0.5) is 0 Å². The number of nitrogens with one attached hydrogen (secondary N) is 1. The lowest BCUT2D eigenvalue weighted by Crippen LogP contribution is -2.41. The maximum atomic E-state index is 10.1. The molecular weight excluding hydrogens is 318 g/mol. The van der Waals surface area contributed by atoms with Crippen molar-refractivity contribution in [1.29, 1.82) is 0 Å². The minimum atomic E-state index is -0.626. The first kappa shape index (κ1) is 15.3. The van der Waals surface area contributed by atoms with E-state index >= 15 is 0 Å². The van der Waals surface area contributed by atoms with Crippen LogP contribution < -0.4 is 11.1 Å². The average molecular weight is 340 g/mol. The second-order valence-electron chi connectivity index (χ2n) is 5.28. The number of aliphatic hydroxyl groups excluding tert-OH is 1. The average Bonchev–Trinajstić information content (AvgIpc) is 2.46. The summed E-state index contributed by atoms with van der Waals surface area (Å²) in [7, 11) is 0. The van der Waals surface area contributed by atoms with Crippen LogP contribution in [0.2, 0.25) is 0 Å². The van der Waals surface area contributed by atoms with Gasteiger partial charge in [-0.25, -0.2) is 0 Å². The minimum absolute atomic E-state index is 0.280. The van der Waals surface area contributed by atoms with Crippen molar-refractivity contribution in [3.05, 3.63) is 34.3 Å². The van der Waals surface area contributed by atoms with Crippen LogP contribution >= 0.6 is 15.9 Å². The third-order valence-electron chi connectivity index (χ3n) is 3.63. The third kappa shape index (κ3) is 4.80. The number of nitrogens with zero attached hydrogens (tertiary/aromatic N) is 1. The number of hydrogen-bond donors (Lipinski definition) is 3. The van der Waals surface area contributed by atoms with Gasteiger partial charge in [0.15, 0.2) is 5.96 Å². The fourth-order valence-electron chi connectivity index (χ4n) is 2.51. The summed E-state index contributed by atoms with van der Waals surface area (Å²) >= 11 is 3.39. The fraction of sp³-hybridized carbons (Fsp3) is 0.533. The summed E-state index contributed by atoms with van der Waals surface area (Å²) in [6.07, 6.45) is 5.52. The number of rotatable bonds is 4. The largest absolute Gasteiger partial charge is 0.386 e. The molecule has 4 nitrogen and oxygen atoms in total. The summed E-state index contributed by atoms with van der Waals surface area (Å²) in [4.78, 5) is 4.24. The van der Waals surface area contributed by atoms with E-state index in [-0.39, 0.29) is 6.54 Å². The topological polar surface area (TPSA) is 70.6 Å². The lowest BCUT2D eigenvalue weighted by Gasteiger charge is -2.23. The molecule has 0 amide bonds. The molecule has 0 aliphatic heterocycles. The van der Waals surface area contributed by atoms with Crippen LogP contribution in [-0.2, 0) is 0 Å². The molecule has 110 valence electrons. The first-order chi connectivity index (χ1) is 9.65. The molecule has 0 saturated heterocycles. The first-order valence-corrected chi connectivity index (χ1v) is 7.94. The highest BCUT2D eigenvalue weighted by atomic mass is 79.9. The van der Waals surface area contributed by atoms with Crippen LogP contribution in [-0.4, -0.2) is 23.7 Å². The molecule has 2 rings (SSSR count). The zero-order valence-corrected chi connectivity index (χ0v) is 13.1. The van der Waals surface area contributed by atoms with Gasteiger partial charge >= 0.3 is 0 Å². The van der Waals surface area contributed by atoms with E-state index < -0.39 is 6.10 Å². The quantitative estimate of drug-likeness (QED) is 0.583. The Kier molecular flexibility index (Phi) is 5.86. The summed E-state index contributed by atoms with van der Waals surface area (Å²) in [6, 6.07) is 8.05. The van der Waals surface area contributed by atoms with E-state index in [1.807, 2.05) is 24.3 Å². The maximum Gasteiger partial charge on any atom is 0.188 e. The molecule has 1 saturated carbocycles. The monoisotopic (exact) mass is 339 g/mol. The molecule has 0 aromatic heterocycles. The van der Waals surface area contributed by atoms with Gasteiger partial charge in [-0.3, -0.25) is 4.99 Å². The number of nitrogens with two attached hydrogens (primary N) is 1. The standard InChI is InChI=1S/C15H22BrN3O/c16-12-6-4-5-11(9-12)14(20)10-18-15(17)19-13-7-2-1-3-8-13/h4-6,9,13-14,20H,1-3,7-8,10H2,(H3,17,18,19)/t14-/m1/s1. The van der Waals surface area contributed by atoms with E-state index in [0.29, 0.717) is 12.0 Å². The molecule has 5 heteroatoms. The molecule has 0 bridgehead atoms. The molecule has 1 aliphatic carbocycles. The Balaban J connectivity index is 1.84. The van der Waals surface area contributed by atoms with Crippen molar-refractivity contribution in [2.75, 3.05) is 6.54 Å². The zero-order chi connectivity index (χ0) is 14.4. The van der Waals surface area contributed by atoms with E-state index in [9.17, 15) is 5.11 Å². The fourth-order valence-corrected chi connectivity index (χ4v) is 2.92. The molecule has 1 atom stereocenters. The highest BCUT2D eigenvalue weighted by Crippen LogP contribution is 2.19. The molecule has 1 aliphatic rings. The van der Waals surface area contributed by atoms with Gasteiger partial charge in [-0.2, -0.15) is 0 Å². The summed E-state index contributed by atoms with van der Waals surface area (Å²) in [5.41, 5.74) is 6.72. The molecule has 0 radical (unpaired) electrons. The maximum absolute atomic E-state index is 10.1. The van der Waals surface area contributed by atoms with Crippen molar-refractivity contribution in [2.24, 2.45) is 10.7 Å². The van der Waals surface area contributed by atoms with Crippen molar-refractivity contribution in [3.63, 3.8) is 0 Å². The van der Waals surface area contributed by atoms with Gasteiger partial charge in [-0.1, -0.05) is 47.3 Å². The lowest BCUT2D eigenvalue weighted by molar-refractivity contribution is 0.187. The van der Waals surface area contributed by atoms with Crippen molar-refractivity contribution >= 4 is 21.9 Å². The van der Waals surface area contributed by atoms with Crippen molar-refractivity contribution < 1.29 is 5.11 Å². The lowest BCUT2D eigenvalue weighted by atomic mass is 9.96. The Morgan fingerprint density at radius 1 is 1.40 bits per heavy atom. The van der Waals surface area contributed by atoms with Crippen LogP contribution in [0.1, 0.15) is 43.8 Å². The molecule has 1 aromatic rings. The second kappa shape index (κ2) is 7.64. The minimum Gasteiger partial charge on any atom is -0.386 e. The van der Waals surface area contributed by atoms with Gasteiger partial charge in [0.05, 0.1) is 12.6 Å². The van der Waals surface area contributed by atoms with Crippen LogP contribution in [0, 0.1) is 0 Å². The van der Waals surface area contributed by atoms with E-state index in [2.05, 4.69) is 26.2 Å². The van der Waals surface area contributed by atoms with Gasteiger partial charge in [0, 0.05) is 10.5 Å². The number of aliphatic imine (C=N–C) groups is 1. The number of hydrogen-bond acceptors (Lipinski definition) is 2. The first-order valence-electron chi connectivity index (χ1n) is 7.15. The van der Waals surface area contributed by atoms with E-state index in [4.69, 9.17) is 5.73 Å². The molecule has 1 aromatic carbocycles. The van der Waals surface area contributed by atoms with Crippen LogP contribution in [0.5, 0.6) is 0 Å². The normalized spacial score (nSPS) is 18.8. The van der Waals surface area contributed by atoms with Crippen molar-refractivity contribution in [2.45, 2.75) is 44.2 Å². The Morgan fingerprint density at radius 2 is 2.15 bits per heavy atom. The van der Waals surface area contributed by atoms with Crippen molar-refractivity contribution in [3.8, 4) is 0 Å². The molecule has 0 unspecified atom stereocenters. The predicted octanol–water partition coefficient (Wildman–Crippen LogP) is 2.72. The highest BCUT2D eigenvalue weighted by Gasteiger charge is 2.13. The molecule has 4 N–H and O–H groups in total. The summed E-state index contributed by atoms with van der Waals surface area (Å²) in [5.74, 6) is 0.436. The molecule has 0 spiro atoms. The molecule has 1 fully saturated rings. The number of benzene rings is 1. The van der Waals surface area contributed by atoms with Gasteiger partial charge < -0.3 is 16.2 Å². The van der Waals surface area contributed by atoms with Crippen molar-refractivity contribution in [1.82, 2.24) is 5.32 Å². The molecule has 0 heterocycles. The number of aliphatic hydroxyl groups is 1. The number of halogens is 1. The van der Waals surface area contributed by atoms with Gasteiger partial charge in [0.2, 0.25) is 0 Å². The zero-order valence-electron chi connectivity index (χ0n) is 11.6. The summed E-state index contributed by atoms with van der Waals surface area (Å²) in [5, 5.41) is 13.3. The number of guanidine groups is 1. The third-order valence-corrected chi connectivity index (χ3v) is 4.12. The highest BCUT2D eigenvalue weighted by molar-refractivity contribution is 9.10. The SMILES string of the molecule is NC(=NC[C@@H](O)c1cccc(Br)c1)NC1CCCCC1. The van der Waals surface area contributed by atoms with Crippen LogP contribution in [0.3, 0.4) is 0 Å². The summed E-state index contributed by atoms with van der Waals surface area (Å²) in [6.45, 7) is 0.280. The van der Waals surface area contributed by atoms with Gasteiger partial charge in [-0.05, 0) is 30.5 Å². The Bertz CT molecular complexity index is 458. The van der Waals surface area contributed by atoms with Gasteiger partial charge in [-0.15, -0.1) is 0 Å². The second-order valence-corrected chi connectivity index (χ2v) is 6.19.